The first-order valence-electron chi connectivity index (χ1n) is 4.44. The van der Waals surface area contributed by atoms with Gasteiger partial charge in [-0.05, 0) is 18.6 Å². The molecule has 76 valence electrons. The van der Waals surface area contributed by atoms with E-state index in [0.717, 1.165) is 17.1 Å². The van der Waals surface area contributed by atoms with Gasteiger partial charge in [-0.3, -0.25) is 9.78 Å². The highest BCUT2D eigenvalue weighted by molar-refractivity contribution is 7.99. The second-order valence-electron chi connectivity index (χ2n) is 2.86. The minimum absolute atomic E-state index is 0.0168. The fourth-order valence-corrected chi connectivity index (χ4v) is 1.73. The Balaban J connectivity index is 2.51. The van der Waals surface area contributed by atoms with Crippen molar-refractivity contribution in [1.29, 1.82) is 0 Å². The predicted molar refractivity (Wildman–Crippen MR) is 56.7 cm³/mol. The van der Waals surface area contributed by atoms with E-state index < -0.39 is 0 Å². The van der Waals surface area contributed by atoms with Gasteiger partial charge in [-0.15, -0.1) is 11.8 Å². The molecule has 0 fully saturated rings. The number of aromatic nitrogens is 1. The molecule has 1 aromatic rings. The zero-order valence-corrected chi connectivity index (χ0v) is 8.88. The summed E-state index contributed by atoms with van der Waals surface area (Å²) in [6, 6.07) is 3.61. The van der Waals surface area contributed by atoms with Gasteiger partial charge in [-0.1, -0.05) is 0 Å². The van der Waals surface area contributed by atoms with E-state index in [1.807, 2.05) is 6.07 Å². The molecule has 1 aromatic heterocycles. The van der Waals surface area contributed by atoms with E-state index in [4.69, 9.17) is 5.11 Å². The first-order chi connectivity index (χ1) is 6.74. The van der Waals surface area contributed by atoms with Gasteiger partial charge in [0.05, 0.1) is 0 Å². The van der Waals surface area contributed by atoms with E-state index in [-0.39, 0.29) is 12.4 Å². The van der Waals surface area contributed by atoms with Gasteiger partial charge in [0, 0.05) is 30.4 Å². The molecule has 1 heterocycles. The average molecular weight is 211 g/mol. The normalized spacial score (nSPS) is 10.1. The maximum Gasteiger partial charge on any atom is 0.178 e. The number of rotatable bonds is 5. The summed E-state index contributed by atoms with van der Waals surface area (Å²) in [5, 5.41) is 8.59. The van der Waals surface area contributed by atoms with E-state index >= 15 is 0 Å². The molecular formula is C10H13NO2S. The van der Waals surface area contributed by atoms with Crippen LogP contribution in [-0.4, -0.2) is 28.2 Å². The highest BCUT2D eigenvalue weighted by Crippen LogP contribution is 2.17. The first-order valence-corrected chi connectivity index (χ1v) is 5.43. The number of aliphatic hydroxyl groups excluding tert-OH is 1. The molecule has 0 aromatic carbocycles. The summed E-state index contributed by atoms with van der Waals surface area (Å²) < 4.78 is 0. The second kappa shape index (κ2) is 5.78. The van der Waals surface area contributed by atoms with Gasteiger partial charge in [-0.2, -0.15) is 0 Å². The van der Waals surface area contributed by atoms with E-state index in [2.05, 4.69) is 4.98 Å². The van der Waals surface area contributed by atoms with Crippen LogP contribution in [0, 0.1) is 0 Å². The van der Waals surface area contributed by atoms with Crippen molar-refractivity contribution in [3.05, 3.63) is 24.0 Å². The lowest BCUT2D eigenvalue weighted by atomic mass is 10.3. The highest BCUT2D eigenvalue weighted by Gasteiger charge is 2.00. The predicted octanol–water partition coefficient (Wildman–Crippen LogP) is 1.76. The molecule has 0 bridgehead atoms. The van der Waals surface area contributed by atoms with Gasteiger partial charge in [0.25, 0.3) is 0 Å². The van der Waals surface area contributed by atoms with Crippen molar-refractivity contribution in [2.24, 2.45) is 0 Å². The lowest BCUT2D eigenvalue weighted by Crippen LogP contribution is -1.95. The molecule has 0 aliphatic heterocycles. The van der Waals surface area contributed by atoms with Crippen LogP contribution in [0.15, 0.2) is 23.2 Å². The van der Waals surface area contributed by atoms with Crippen LogP contribution in [0.2, 0.25) is 0 Å². The number of aliphatic hydroxyl groups is 1. The van der Waals surface area contributed by atoms with Crippen molar-refractivity contribution >= 4 is 17.5 Å². The molecule has 0 radical (unpaired) electrons. The number of thioether (sulfide) groups is 1. The summed E-state index contributed by atoms with van der Waals surface area (Å²) in [5.41, 5.74) is 0.497. The van der Waals surface area contributed by atoms with Crippen LogP contribution in [0.25, 0.3) is 0 Å². The Kier molecular flexibility index (Phi) is 4.62. The summed E-state index contributed by atoms with van der Waals surface area (Å²) in [5.74, 6) is 0.856. The maximum absolute atomic E-state index is 10.9. The summed E-state index contributed by atoms with van der Waals surface area (Å²) in [6.45, 7) is 1.72. The number of ketones is 1. The van der Waals surface area contributed by atoms with Crippen LogP contribution < -0.4 is 0 Å². The largest absolute Gasteiger partial charge is 0.396 e. The van der Waals surface area contributed by atoms with Crippen LogP contribution in [0.3, 0.4) is 0 Å². The molecule has 0 atom stereocenters. The minimum Gasteiger partial charge on any atom is -0.396 e. The van der Waals surface area contributed by atoms with Crippen molar-refractivity contribution in [2.75, 3.05) is 12.4 Å². The Morgan fingerprint density at radius 2 is 2.36 bits per heavy atom. The van der Waals surface area contributed by atoms with Crippen LogP contribution in [-0.2, 0) is 0 Å². The summed E-state index contributed by atoms with van der Waals surface area (Å²) in [4.78, 5) is 16.0. The molecule has 0 unspecified atom stereocenters. The van der Waals surface area contributed by atoms with Crippen LogP contribution in [0.1, 0.15) is 23.8 Å². The van der Waals surface area contributed by atoms with Crippen LogP contribution >= 0.6 is 11.8 Å². The lowest BCUT2D eigenvalue weighted by Gasteiger charge is -2.00. The fourth-order valence-electron chi connectivity index (χ4n) is 0.929. The van der Waals surface area contributed by atoms with E-state index in [1.165, 1.54) is 6.92 Å². The molecule has 1 rings (SSSR count). The smallest absolute Gasteiger partial charge is 0.178 e. The standard InChI is InChI=1S/C10H13NO2S/c1-8(13)10-4-3-9(7-11-10)14-6-2-5-12/h3-4,7,12H,2,5-6H2,1H3. The van der Waals surface area contributed by atoms with Gasteiger partial charge in [-0.25, -0.2) is 0 Å². The minimum atomic E-state index is -0.0168. The Morgan fingerprint density at radius 1 is 1.57 bits per heavy atom. The number of pyridine rings is 1. The molecule has 0 aliphatic carbocycles. The monoisotopic (exact) mass is 211 g/mol. The zero-order valence-electron chi connectivity index (χ0n) is 8.06. The summed E-state index contributed by atoms with van der Waals surface area (Å²) in [7, 11) is 0. The number of hydrogen-bond acceptors (Lipinski definition) is 4. The quantitative estimate of drug-likeness (QED) is 0.458. The number of carbonyl (C=O) groups is 1. The highest BCUT2D eigenvalue weighted by atomic mass is 32.2. The SMILES string of the molecule is CC(=O)c1ccc(SCCCO)cn1. The number of Topliss-reactive ketones (excluding diaryl/α,β-unsaturated/α-hetero) is 1. The Labute approximate surface area is 87.6 Å². The number of hydrogen-bond donors (Lipinski definition) is 1. The molecule has 3 nitrogen and oxygen atoms in total. The molecule has 14 heavy (non-hydrogen) atoms. The van der Waals surface area contributed by atoms with E-state index in [1.54, 1.807) is 24.0 Å². The van der Waals surface area contributed by atoms with Gasteiger partial charge in [0.1, 0.15) is 5.69 Å². The molecule has 4 heteroatoms. The number of nitrogens with zero attached hydrogens (tertiary/aromatic N) is 1. The van der Waals surface area contributed by atoms with Crippen LogP contribution in [0.5, 0.6) is 0 Å². The zero-order chi connectivity index (χ0) is 10.4. The van der Waals surface area contributed by atoms with Crippen molar-refractivity contribution in [3.8, 4) is 0 Å². The molecule has 0 spiro atoms. The van der Waals surface area contributed by atoms with Crippen molar-refractivity contribution < 1.29 is 9.90 Å². The molecule has 1 N–H and O–H groups in total. The van der Waals surface area contributed by atoms with Gasteiger partial charge >= 0.3 is 0 Å². The molecule has 0 aliphatic rings. The third-order valence-electron chi connectivity index (χ3n) is 1.67. The van der Waals surface area contributed by atoms with Gasteiger partial charge < -0.3 is 5.11 Å². The Hall–Kier alpha value is -0.870. The number of carbonyl (C=O) groups excluding carboxylic acids is 1. The first kappa shape index (κ1) is 11.2. The van der Waals surface area contributed by atoms with Crippen molar-refractivity contribution in [3.63, 3.8) is 0 Å². The van der Waals surface area contributed by atoms with E-state index in [0.29, 0.717) is 5.69 Å². The fraction of sp³-hybridized carbons (Fsp3) is 0.400. The van der Waals surface area contributed by atoms with E-state index in [9.17, 15) is 4.79 Å². The van der Waals surface area contributed by atoms with Gasteiger partial charge in [0.15, 0.2) is 5.78 Å². The maximum atomic E-state index is 10.9. The third kappa shape index (κ3) is 3.47. The van der Waals surface area contributed by atoms with Crippen molar-refractivity contribution in [2.45, 2.75) is 18.2 Å². The topological polar surface area (TPSA) is 50.2 Å². The lowest BCUT2D eigenvalue weighted by molar-refractivity contribution is 0.101. The Bertz CT molecular complexity index is 297. The van der Waals surface area contributed by atoms with Gasteiger partial charge in [0.2, 0.25) is 0 Å². The third-order valence-corrected chi connectivity index (χ3v) is 2.74. The molecule has 0 saturated heterocycles. The Morgan fingerprint density at radius 3 is 2.86 bits per heavy atom. The summed E-state index contributed by atoms with van der Waals surface area (Å²) >= 11 is 1.63. The molecule has 0 saturated carbocycles. The average Bonchev–Trinajstić information content (AvgIpc) is 2.19. The summed E-state index contributed by atoms with van der Waals surface area (Å²) in [6.07, 6.45) is 2.47. The van der Waals surface area contributed by atoms with Crippen molar-refractivity contribution in [1.82, 2.24) is 4.98 Å². The van der Waals surface area contributed by atoms with Crippen LogP contribution in [0.4, 0.5) is 0 Å². The molecular weight excluding hydrogens is 198 g/mol. The molecule has 0 amide bonds. The second-order valence-corrected chi connectivity index (χ2v) is 4.03.